The van der Waals surface area contributed by atoms with Gasteiger partial charge in [-0.15, -0.1) is 0 Å². The minimum absolute atomic E-state index is 0.133. The smallest absolute Gasteiger partial charge is 0.272 e. The fraction of sp³-hybridized carbons (Fsp3) is 0.261. The Bertz CT molecular complexity index is 1010. The van der Waals surface area contributed by atoms with Gasteiger partial charge in [-0.3, -0.25) is 14.3 Å². The molecule has 148 valence electrons. The van der Waals surface area contributed by atoms with Crippen molar-refractivity contribution in [1.82, 2.24) is 15.1 Å². The van der Waals surface area contributed by atoms with Crippen LogP contribution in [-0.4, -0.2) is 28.1 Å². The average Bonchev–Trinajstić information content (AvgIpc) is 3.26. The highest BCUT2D eigenvalue weighted by molar-refractivity contribution is 6.02. The van der Waals surface area contributed by atoms with Crippen molar-refractivity contribution in [3.8, 4) is 0 Å². The van der Waals surface area contributed by atoms with Gasteiger partial charge >= 0.3 is 0 Å². The van der Waals surface area contributed by atoms with Crippen LogP contribution in [0.5, 0.6) is 0 Å². The summed E-state index contributed by atoms with van der Waals surface area (Å²) >= 11 is 0. The molecule has 0 saturated heterocycles. The first kappa shape index (κ1) is 18.9. The van der Waals surface area contributed by atoms with Crippen molar-refractivity contribution in [3.05, 3.63) is 83.7 Å². The van der Waals surface area contributed by atoms with Gasteiger partial charge in [-0.1, -0.05) is 48.5 Å². The van der Waals surface area contributed by atoms with Crippen molar-refractivity contribution >= 4 is 17.5 Å². The van der Waals surface area contributed by atoms with Gasteiger partial charge < -0.3 is 10.2 Å². The molecular formula is C23H24N4O2. The van der Waals surface area contributed by atoms with E-state index in [4.69, 9.17) is 0 Å². The number of anilines is 1. The van der Waals surface area contributed by atoms with Crippen LogP contribution in [-0.2, 0) is 17.8 Å². The maximum absolute atomic E-state index is 13.6. The van der Waals surface area contributed by atoms with Crippen LogP contribution in [0.3, 0.4) is 0 Å². The maximum Gasteiger partial charge on any atom is 0.272 e. The van der Waals surface area contributed by atoms with Crippen LogP contribution < -0.4 is 10.2 Å². The molecule has 2 heterocycles. The molecule has 2 aromatic carbocycles. The van der Waals surface area contributed by atoms with E-state index in [9.17, 15) is 9.59 Å². The molecule has 6 heteroatoms. The standard InChI is InChI=1S/C23H24N4O2/c1-2-26-16-14-19(25-26)22(28)24-21(18-10-4-3-5-11-18)23(29)27-15-8-12-17-9-6-7-13-20(17)27/h3-7,9-11,13-14,16,21H,2,8,12,15H2,1H3,(H,24,28). The van der Waals surface area contributed by atoms with Crippen molar-refractivity contribution in [1.29, 1.82) is 0 Å². The number of fused-ring (bicyclic) bond motifs is 1. The molecule has 1 aromatic heterocycles. The number of benzene rings is 2. The number of carbonyl (C=O) groups excluding carboxylic acids is 2. The summed E-state index contributed by atoms with van der Waals surface area (Å²) in [5.41, 5.74) is 3.14. The third kappa shape index (κ3) is 3.92. The molecule has 0 saturated carbocycles. The number of aromatic nitrogens is 2. The van der Waals surface area contributed by atoms with E-state index in [2.05, 4.69) is 16.5 Å². The molecule has 6 nitrogen and oxygen atoms in total. The lowest BCUT2D eigenvalue weighted by atomic mass is 9.99. The second kappa shape index (κ2) is 8.31. The van der Waals surface area contributed by atoms with Crippen molar-refractivity contribution in [2.75, 3.05) is 11.4 Å². The zero-order chi connectivity index (χ0) is 20.2. The van der Waals surface area contributed by atoms with E-state index < -0.39 is 6.04 Å². The first-order valence-corrected chi connectivity index (χ1v) is 9.96. The van der Waals surface area contributed by atoms with Crippen LogP contribution in [0, 0.1) is 0 Å². The monoisotopic (exact) mass is 388 g/mol. The van der Waals surface area contributed by atoms with Gasteiger partial charge in [0.2, 0.25) is 0 Å². The first-order valence-electron chi connectivity index (χ1n) is 9.96. The third-order valence-corrected chi connectivity index (χ3v) is 5.23. The Morgan fingerprint density at radius 3 is 2.59 bits per heavy atom. The van der Waals surface area contributed by atoms with Gasteiger partial charge in [0.25, 0.3) is 11.8 Å². The number of nitrogens with one attached hydrogen (secondary N) is 1. The molecule has 29 heavy (non-hydrogen) atoms. The zero-order valence-corrected chi connectivity index (χ0v) is 16.4. The maximum atomic E-state index is 13.6. The van der Waals surface area contributed by atoms with Crippen LogP contribution in [0.25, 0.3) is 0 Å². The summed E-state index contributed by atoms with van der Waals surface area (Å²) in [6, 6.07) is 18.2. The van der Waals surface area contributed by atoms with Crippen LogP contribution >= 0.6 is 0 Å². The largest absolute Gasteiger partial charge is 0.335 e. The van der Waals surface area contributed by atoms with Crippen LogP contribution in [0.4, 0.5) is 5.69 Å². The molecule has 2 amide bonds. The predicted molar refractivity (Wildman–Crippen MR) is 112 cm³/mol. The summed E-state index contributed by atoms with van der Waals surface area (Å²) in [6.45, 7) is 3.27. The highest BCUT2D eigenvalue weighted by Crippen LogP contribution is 2.29. The van der Waals surface area contributed by atoms with E-state index in [1.54, 1.807) is 21.8 Å². The Kier molecular flexibility index (Phi) is 5.42. The van der Waals surface area contributed by atoms with Crippen molar-refractivity contribution in [2.24, 2.45) is 0 Å². The second-order valence-electron chi connectivity index (χ2n) is 7.10. The minimum atomic E-state index is -0.776. The molecule has 1 aliphatic rings. The van der Waals surface area contributed by atoms with Crippen LogP contribution in [0.2, 0.25) is 0 Å². The zero-order valence-electron chi connectivity index (χ0n) is 16.4. The number of para-hydroxylation sites is 1. The van der Waals surface area contributed by atoms with E-state index in [1.807, 2.05) is 55.5 Å². The average molecular weight is 388 g/mol. The van der Waals surface area contributed by atoms with Crippen molar-refractivity contribution in [3.63, 3.8) is 0 Å². The number of amides is 2. The second-order valence-corrected chi connectivity index (χ2v) is 7.10. The number of rotatable bonds is 5. The Morgan fingerprint density at radius 2 is 1.83 bits per heavy atom. The lowest BCUT2D eigenvalue weighted by molar-refractivity contribution is -0.120. The Balaban J connectivity index is 1.65. The Morgan fingerprint density at radius 1 is 1.07 bits per heavy atom. The quantitative estimate of drug-likeness (QED) is 0.729. The van der Waals surface area contributed by atoms with Gasteiger partial charge in [0.15, 0.2) is 0 Å². The van der Waals surface area contributed by atoms with Gasteiger partial charge in [-0.25, -0.2) is 0 Å². The number of hydrogen-bond acceptors (Lipinski definition) is 3. The Hall–Kier alpha value is -3.41. The lowest BCUT2D eigenvalue weighted by Crippen LogP contribution is -2.45. The minimum Gasteiger partial charge on any atom is -0.335 e. The summed E-state index contributed by atoms with van der Waals surface area (Å²) in [6.07, 6.45) is 3.62. The number of hydrogen-bond donors (Lipinski definition) is 1. The van der Waals surface area contributed by atoms with Crippen LogP contribution in [0.1, 0.15) is 41.0 Å². The Labute approximate surface area is 170 Å². The van der Waals surface area contributed by atoms with Gasteiger partial charge in [-0.05, 0) is 43.0 Å². The van der Waals surface area contributed by atoms with Crippen LogP contribution in [0.15, 0.2) is 66.9 Å². The van der Waals surface area contributed by atoms with Gasteiger partial charge in [0, 0.05) is 25.0 Å². The molecule has 0 bridgehead atoms. The number of carbonyl (C=O) groups is 2. The van der Waals surface area contributed by atoms with Gasteiger partial charge in [0.1, 0.15) is 11.7 Å². The van der Waals surface area contributed by atoms with E-state index in [-0.39, 0.29) is 11.8 Å². The summed E-state index contributed by atoms with van der Waals surface area (Å²) in [4.78, 5) is 28.2. The fourth-order valence-electron chi connectivity index (χ4n) is 3.72. The molecule has 4 rings (SSSR count). The summed E-state index contributed by atoms with van der Waals surface area (Å²) < 4.78 is 1.69. The van der Waals surface area contributed by atoms with Gasteiger partial charge in [0.05, 0.1) is 0 Å². The normalized spacial score (nSPS) is 14.2. The molecule has 0 aliphatic carbocycles. The molecule has 0 fully saturated rings. The highest BCUT2D eigenvalue weighted by Gasteiger charge is 2.31. The summed E-state index contributed by atoms with van der Waals surface area (Å²) in [5, 5.41) is 7.17. The van der Waals surface area contributed by atoms with E-state index >= 15 is 0 Å². The molecular weight excluding hydrogens is 364 g/mol. The summed E-state index contributed by atoms with van der Waals surface area (Å²) in [5.74, 6) is -0.490. The molecule has 1 atom stereocenters. The van der Waals surface area contributed by atoms with E-state index in [1.165, 1.54) is 0 Å². The molecule has 1 unspecified atom stereocenters. The molecule has 1 N–H and O–H groups in total. The number of aryl methyl sites for hydroxylation is 2. The molecule has 0 spiro atoms. The molecule has 0 radical (unpaired) electrons. The fourth-order valence-corrected chi connectivity index (χ4v) is 3.72. The summed E-state index contributed by atoms with van der Waals surface area (Å²) in [7, 11) is 0. The van der Waals surface area contributed by atoms with E-state index in [0.717, 1.165) is 29.7 Å². The predicted octanol–water partition coefficient (Wildman–Crippen LogP) is 3.35. The SMILES string of the molecule is CCn1ccc(C(=O)NC(C(=O)N2CCCc3ccccc32)c2ccccc2)n1. The highest BCUT2D eigenvalue weighted by atomic mass is 16.2. The first-order chi connectivity index (χ1) is 14.2. The van der Waals surface area contributed by atoms with Crippen molar-refractivity contribution < 1.29 is 9.59 Å². The van der Waals surface area contributed by atoms with Crippen molar-refractivity contribution in [2.45, 2.75) is 32.4 Å². The lowest BCUT2D eigenvalue weighted by Gasteiger charge is -2.32. The molecule has 3 aromatic rings. The van der Waals surface area contributed by atoms with E-state index in [0.29, 0.717) is 18.8 Å². The third-order valence-electron chi connectivity index (χ3n) is 5.23. The topological polar surface area (TPSA) is 67.2 Å². The molecule has 1 aliphatic heterocycles. The van der Waals surface area contributed by atoms with Gasteiger partial charge in [-0.2, -0.15) is 5.10 Å². The number of nitrogens with zero attached hydrogens (tertiary/aromatic N) is 3.